The molecule has 0 heterocycles. The molecule has 2 nitrogen and oxygen atoms in total. The van der Waals surface area contributed by atoms with Crippen LogP contribution in [0.1, 0.15) is 16.7 Å². The Kier molecular flexibility index (Phi) is 4.85. The third-order valence-electron chi connectivity index (χ3n) is 2.99. The molecule has 112 valence electrons. The van der Waals surface area contributed by atoms with Gasteiger partial charge in [-0.05, 0) is 30.8 Å². The first kappa shape index (κ1) is 15.4. The zero-order valence-corrected chi connectivity index (χ0v) is 11.6. The Morgan fingerprint density at radius 1 is 1.05 bits per heavy atom. The van der Waals surface area contributed by atoms with E-state index in [1.165, 1.54) is 6.07 Å². The Labute approximate surface area is 121 Å². The van der Waals surface area contributed by atoms with Crippen molar-refractivity contribution in [3.05, 3.63) is 65.2 Å². The third kappa shape index (κ3) is 4.23. The van der Waals surface area contributed by atoms with E-state index in [0.717, 1.165) is 17.7 Å². The molecular formula is C16H16F3NO. The lowest BCUT2D eigenvalue weighted by atomic mass is 10.1. The van der Waals surface area contributed by atoms with Gasteiger partial charge in [0.25, 0.3) is 0 Å². The maximum atomic E-state index is 12.6. The highest BCUT2D eigenvalue weighted by Crippen LogP contribution is 2.30. The van der Waals surface area contributed by atoms with Crippen molar-refractivity contribution in [1.82, 2.24) is 5.32 Å². The van der Waals surface area contributed by atoms with Crippen molar-refractivity contribution < 1.29 is 17.9 Å². The van der Waals surface area contributed by atoms with Gasteiger partial charge in [0.1, 0.15) is 12.4 Å². The molecule has 21 heavy (non-hydrogen) atoms. The maximum absolute atomic E-state index is 12.6. The molecule has 0 aliphatic carbocycles. The lowest BCUT2D eigenvalue weighted by Gasteiger charge is -2.12. The number of alkyl halides is 3. The van der Waals surface area contributed by atoms with Crippen LogP contribution in [0.25, 0.3) is 0 Å². The summed E-state index contributed by atoms with van der Waals surface area (Å²) in [5.74, 6) is 0.671. The van der Waals surface area contributed by atoms with Crippen LogP contribution in [0.4, 0.5) is 13.2 Å². The Morgan fingerprint density at radius 3 is 2.52 bits per heavy atom. The summed E-state index contributed by atoms with van der Waals surface area (Å²) in [6.07, 6.45) is -4.33. The van der Waals surface area contributed by atoms with Crippen molar-refractivity contribution in [2.24, 2.45) is 0 Å². The largest absolute Gasteiger partial charge is 0.489 e. The fourth-order valence-corrected chi connectivity index (χ4v) is 1.98. The van der Waals surface area contributed by atoms with Crippen LogP contribution in [0.15, 0.2) is 48.5 Å². The average molecular weight is 295 g/mol. The minimum Gasteiger partial charge on any atom is -0.489 e. The molecule has 0 saturated heterocycles. The number of rotatable bonds is 5. The van der Waals surface area contributed by atoms with Crippen molar-refractivity contribution in [3.8, 4) is 5.75 Å². The molecule has 2 aromatic carbocycles. The summed E-state index contributed by atoms with van der Waals surface area (Å²) in [6.45, 7) is 0.739. The zero-order chi connectivity index (χ0) is 15.3. The van der Waals surface area contributed by atoms with E-state index >= 15 is 0 Å². The molecule has 0 saturated carbocycles. The van der Waals surface area contributed by atoms with E-state index in [4.69, 9.17) is 4.74 Å². The predicted octanol–water partition coefficient (Wildman–Crippen LogP) is 4.00. The van der Waals surface area contributed by atoms with Gasteiger partial charge < -0.3 is 10.1 Å². The van der Waals surface area contributed by atoms with Gasteiger partial charge in [-0.3, -0.25) is 0 Å². The van der Waals surface area contributed by atoms with Crippen LogP contribution >= 0.6 is 0 Å². The maximum Gasteiger partial charge on any atom is 0.416 e. The van der Waals surface area contributed by atoms with Crippen LogP contribution < -0.4 is 10.1 Å². The minimum absolute atomic E-state index is 0.102. The highest BCUT2D eigenvalue weighted by Gasteiger charge is 2.30. The number of para-hydroxylation sites is 1. The Morgan fingerprint density at radius 2 is 1.81 bits per heavy atom. The van der Waals surface area contributed by atoms with Crippen LogP contribution in [0.2, 0.25) is 0 Å². The zero-order valence-electron chi connectivity index (χ0n) is 11.6. The molecule has 2 aromatic rings. The number of benzene rings is 2. The Balaban J connectivity index is 2.10. The monoisotopic (exact) mass is 295 g/mol. The van der Waals surface area contributed by atoms with Gasteiger partial charge in [-0.1, -0.05) is 30.3 Å². The van der Waals surface area contributed by atoms with Gasteiger partial charge in [-0.25, -0.2) is 0 Å². The van der Waals surface area contributed by atoms with Gasteiger partial charge >= 0.3 is 6.18 Å². The van der Waals surface area contributed by atoms with Crippen molar-refractivity contribution >= 4 is 0 Å². The van der Waals surface area contributed by atoms with Crippen LogP contribution in [0.5, 0.6) is 5.75 Å². The van der Waals surface area contributed by atoms with E-state index in [1.807, 2.05) is 25.2 Å². The van der Waals surface area contributed by atoms with Crippen molar-refractivity contribution in [1.29, 1.82) is 0 Å². The SMILES string of the molecule is CNCc1ccccc1OCc1cccc(C(F)(F)F)c1. The first-order chi connectivity index (χ1) is 10.0. The lowest BCUT2D eigenvalue weighted by molar-refractivity contribution is -0.137. The number of nitrogens with one attached hydrogen (secondary N) is 1. The van der Waals surface area contributed by atoms with Gasteiger partial charge in [0.15, 0.2) is 0 Å². The van der Waals surface area contributed by atoms with Crippen LogP contribution in [0.3, 0.4) is 0 Å². The van der Waals surface area contributed by atoms with E-state index in [0.29, 0.717) is 17.9 Å². The molecule has 0 spiro atoms. The molecule has 0 amide bonds. The molecule has 0 unspecified atom stereocenters. The minimum atomic E-state index is -4.33. The Hall–Kier alpha value is -2.01. The molecule has 5 heteroatoms. The highest BCUT2D eigenvalue weighted by atomic mass is 19.4. The summed E-state index contributed by atoms with van der Waals surface area (Å²) in [7, 11) is 1.82. The first-order valence-electron chi connectivity index (χ1n) is 6.52. The average Bonchev–Trinajstić information content (AvgIpc) is 2.46. The quantitative estimate of drug-likeness (QED) is 0.900. The molecule has 0 radical (unpaired) electrons. The van der Waals surface area contributed by atoms with Crippen LogP contribution in [-0.2, 0) is 19.3 Å². The summed E-state index contributed by atoms with van der Waals surface area (Å²) < 4.78 is 43.6. The summed E-state index contributed by atoms with van der Waals surface area (Å²) >= 11 is 0. The molecule has 0 bridgehead atoms. The lowest BCUT2D eigenvalue weighted by Crippen LogP contribution is -2.08. The van der Waals surface area contributed by atoms with Gasteiger partial charge in [-0.15, -0.1) is 0 Å². The van der Waals surface area contributed by atoms with E-state index in [-0.39, 0.29) is 6.61 Å². The normalized spacial score (nSPS) is 11.4. The van der Waals surface area contributed by atoms with Gasteiger partial charge in [0.2, 0.25) is 0 Å². The van der Waals surface area contributed by atoms with Crippen molar-refractivity contribution in [2.75, 3.05) is 7.05 Å². The topological polar surface area (TPSA) is 21.3 Å². The second kappa shape index (κ2) is 6.63. The van der Waals surface area contributed by atoms with E-state index in [9.17, 15) is 13.2 Å². The summed E-state index contributed by atoms with van der Waals surface area (Å²) in [4.78, 5) is 0. The number of halogens is 3. The van der Waals surface area contributed by atoms with E-state index < -0.39 is 11.7 Å². The third-order valence-corrected chi connectivity index (χ3v) is 2.99. The number of ether oxygens (including phenoxy) is 1. The molecule has 0 aliphatic rings. The highest BCUT2D eigenvalue weighted by molar-refractivity contribution is 5.34. The molecule has 2 rings (SSSR count). The smallest absolute Gasteiger partial charge is 0.416 e. The van der Waals surface area contributed by atoms with Crippen molar-refractivity contribution in [2.45, 2.75) is 19.3 Å². The molecule has 0 aromatic heterocycles. The van der Waals surface area contributed by atoms with E-state index in [1.54, 1.807) is 12.1 Å². The van der Waals surface area contributed by atoms with Crippen LogP contribution in [0, 0.1) is 0 Å². The molecule has 0 atom stereocenters. The second-order valence-electron chi connectivity index (χ2n) is 4.62. The Bertz CT molecular complexity index is 596. The molecule has 0 aliphatic heterocycles. The fraction of sp³-hybridized carbons (Fsp3) is 0.250. The first-order valence-corrected chi connectivity index (χ1v) is 6.52. The predicted molar refractivity (Wildman–Crippen MR) is 75.0 cm³/mol. The number of hydrogen-bond donors (Lipinski definition) is 1. The summed E-state index contributed by atoms with van der Waals surface area (Å²) in [6, 6.07) is 12.6. The summed E-state index contributed by atoms with van der Waals surface area (Å²) in [5.41, 5.74) is 0.795. The second-order valence-corrected chi connectivity index (χ2v) is 4.62. The van der Waals surface area contributed by atoms with Gasteiger partial charge in [0, 0.05) is 12.1 Å². The van der Waals surface area contributed by atoms with Gasteiger partial charge in [-0.2, -0.15) is 13.2 Å². The molecule has 0 fully saturated rings. The number of hydrogen-bond acceptors (Lipinski definition) is 2. The molecule has 1 N–H and O–H groups in total. The fourth-order valence-electron chi connectivity index (χ4n) is 1.98. The van der Waals surface area contributed by atoms with Crippen LogP contribution in [-0.4, -0.2) is 7.05 Å². The van der Waals surface area contributed by atoms with E-state index in [2.05, 4.69) is 5.32 Å². The standard InChI is InChI=1S/C16H16F3NO/c1-20-10-13-6-2-3-8-15(13)21-11-12-5-4-7-14(9-12)16(17,18)19/h2-9,20H,10-11H2,1H3. The summed E-state index contributed by atoms with van der Waals surface area (Å²) in [5, 5.41) is 3.02. The van der Waals surface area contributed by atoms with Gasteiger partial charge in [0.05, 0.1) is 5.56 Å². The van der Waals surface area contributed by atoms with Crippen molar-refractivity contribution in [3.63, 3.8) is 0 Å². The molecular weight excluding hydrogens is 279 g/mol.